The number of nitrogens with one attached hydrogen (secondary N) is 1. The molecule has 0 aromatic heterocycles. The molecule has 0 heterocycles. The van der Waals surface area contributed by atoms with Crippen molar-refractivity contribution in [2.24, 2.45) is 0 Å². The van der Waals surface area contributed by atoms with Gasteiger partial charge in [0.1, 0.15) is 6.07 Å². The van der Waals surface area contributed by atoms with E-state index in [9.17, 15) is 9.59 Å². The zero-order valence-electron chi connectivity index (χ0n) is 16.1. The lowest BCUT2D eigenvalue weighted by Gasteiger charge is -2.26. The summed E-state index contributed by atoms with van der Waals surface area (Å²) < 4.78 is 0. The first kappa shape index (κ1) is 20.2. The zero-order chi connectivity index (χ0) is 19.8. The second kappa shape index (κ2) is 9.54. The van der Waals surface area contributed by atoms with Gasteiger partial charge >= 0.3 is 0 Å². The molecule has 140 valence electrons. The van der Waals surface area contributed by atoms with Gasteiger partial charge in [0.15, 0.2) is 0 Å². The molecular weight excluding hydrogens is 338 g/mol. The molecule has 27 heavy (non-hydrogen) atoms. The Morgan fingerprint density at radius 2 is 1.67 bits per heavy atom. The summed E-state index contributed by atoms with van der Waals surface area (Å²) >= 11 is 0. The third-order valence-electron chi connectivity index (χ3n) is 4.50. The van der Waals surface area contributed by atoms with E-state index < -0.39 is 0 Å². The first-order chi connectivity index (χ1) is 13.0. The SMILES string of the molecule is CCc1cccc(CC)c1N(CCC(=O)Nc1ccccc1C#N)C(C)=O. The molecular formula is C22H25N3O2. The molecule has 0 aliphatic rings. The monoisotopic (exact) mass is 363 g/mol. The second-order valence-electron chi connectivity index (χ2n) is 6.26. The third kappa shape index (κ3) is 4.95. The first-order valence-corrected chi connectivity index (χ1v) is 9.19. The molecule has 0 atom stereocenters. The number of carbonyl (C=O) groups excluding carboxylic acids is 2. The summed E-state index contributed by atoms with van der Waals surface area (Å²) in [5.74, 6) is -0.313. The van der Waals surface area contributed by atoms with E-state index in [2.05, 4.69) is 25.2 Å². The van der Waals surface area contributed by atoms with Crippen LogP contribution in [0.3, 0.4) is 0 Å². The molecule has 0 saturated heterocycles. The van der Waals surface area contributed by atoms with Crippen LogP contribution in [0.25, 0.3) is 0 Å². The summed E-state index contributed by atoms with van der Waals surface area (Å²) in [6.45, 7) is 5.93. The van der Waals surface area contributed by atoms with Crippen molar-refractivity contribution in [2.75, 3.05) is 16.8 Å². The van der Waals surface area contributed by atoms with Crippen LogP contribution in [0.4, 0.5) is 11.4 Å². The second-order valence-corrected chi connectivity index (χ2v) is 6.26. The van der Waals surface area contributed by atoms with Crippen molar-refractivity contribution in [3.05, 3.63) is 59.2 Å². The summed E-state index contributed by atoms with van der Waals surface area (Å²) in [4.78, 5) is 26.4. The van der Waals surface area contributed by atoms with Crippen LogP contribution in [0, 0.1) is 11.3 Å². The van der Waals surface area contributed by atoms with E-state index in [0.717, 1.165) is 29.7 Å². The molecule has 0 aliphatic carbocycles. The van der Waals surface area contributed by atoms with Crippen LogP contribution in [-0.4, -0.2) is 18.4 Å². The van der Waals surface area contributed by atoms with E-state index in [-0.39, 0.29) is 18.2 Å². The molecule has 0 aliphatic heterocycles. The number of benzene rings is 2. The first-order valence-electron chi connectivity index (χ1n) is 9.19. The Morgan fingerprint density at radius 3 is 2.22 bits per heavy atom. The zero-order valence-corrected chi connectivity index (χ0v) is 16.1. The number of hydrogen-bond donors (Lipinski definition) is 1. The van der Waals surface area contributed by atoms with E-state index in [4.69, 9.17) is 5.26 Å². The number of anilines is 2. The Morgan fingerprint density at radius 1 is 1.04 bits per heavy atom. The van der Waals surface area contributed by atoms with Crippen molar-refractivity contribution in [3.8, 4) is 6.07 Å². The van der Waals surface area contributed by atoms with Crippen molar-refractivity contribution in [1.82, 2.24) is 0 Å². The summed E-state index contributed by atoms with van der Waals surface area (Å²) in [5, 5.41) is 11.9. The van der Waals surface area contributed by atoms with Crippen molar-refractivity contribution >= 4 is 23.2 Å². The number of aryl methyl sites for hydroxylation is 2. The van der Waals surface area contributed by atoms with Gasteiger partial charge in [-0.05, 0) is 36.1 Å². The van der Waals surface area contributed by atoms with Gasteiger partial charge in [0, 0.05) is 25.6 Å². The largest absolute Gasteiger partial charge is 0.325 e. The third-order valence-corrected chi connectivity index (χ3v) is 4.50. The van der Waals surface area contributed by atoms with Crippen LogP contribution in [0.1, 0.15) is 43.9 Å². The maximum atomic E-state index is 12.4. The maximum Gasteiger partial charge on any atom is 0.226 e. The molecule has 0 saturated carbocycles. The van der Waals surface area contributed by atoms with E-state index in [1.807, 2.05) is 18.2 Å². The molecule has 0 fully saturated rings. The highest BCUT2D eigenvalue weighted by Gasteiger charge is 2.19. The van der Waals surface area contributed by atoms with Gasteiger partial charge in [-0.15, -0.1) is 0 Å². The van der Waals surface area contributed by atoms with Gasteiger partial charge in [-0.1, -0.05) is 44.2 Å². The standard InChI is InChI=1S/C22H25N3O2/c1-4-17-10-8-11-18(5-2)22(17)25(16(3)26)14-13-21(27)24-20-12-7-6-9-19(20)15-23/h6-12H,4-5,13-14H2,1-3H3,(H,24,27). The smallest absolute Gasteiger partial charge is 0.226 e. The molecule has 5 heteroatoms. The van der Waals surface area contributed by atoms with Crippen molar-refractivity contribution in [3.63, 3.8) is 0 Å². The highest BCUT2D eigenvalue weighted by Crippen LogP contribution is 2.27. The number of nitriles is 1. The summed E-state index contributed by atoms with van der Waals surface area (Å²) in [5.41, 5.74) is 4.02. The number of amides is 2. The Balaban J connectivity index is 2.18. The Labute approximate surface area is 160 Å². The fourth-order valence-corrected chi connectivity index (χ4v) is 3.10. The number of rotatable bonds is 7. The molecule has 0 spiro atoms. The molecule has 2 amide bonds. The number of carbonyl (C=O) groups is 2. The minimum absolute atomic E-state index is 0.0872. The summed E-state index contributed by atoms with van der Waals surface area (Å²) in [6, 6.07) is 15.0. The van der Waals surface area contributed by atoms with Crippen LogP contribution < -0.4 is 10.2 Å². The lowest BCUT2D eigenvalue weighted by atomic mass is 10.0. The lowest BCUT2D eigenvalue weighted by molar-refractivity contribution is -0.117. The van der Waals surface area contributed by atoms with Gasteiger partial charge in [0.05, 0.1) is 11.3 Å². The Kier molecular flexibility index (Phi) is 7.13. The highest BCUT2D eigenvalue weighted by molar-refractivity contribution is 5.96. The molecule has 2 rings (SSSR count). The van der Waals surface area contributed by atoms with Gasteiger partial charge in [-0.2, -0.15) is 5.26 Å². The topological polar surface area (TPSA) is 73.2 Å². The van der Waals surface area contributed by atoms with Gasteiger partial charge in [0.2, 0.25) is 11.8 Å². The van der Waals surface area contributed by atoms with Crippen molar-refractivity contribution in [1.29, 1.82) is 5.26 Å². The van der Waals surface area contributed by atoms with Crippen LogP contribution in [0.5, 0.6) is 0 Å². The molecule has 2 aromatic rings. The van der Waals surface area contributed by atoms with Crippen molar-refractivity contribution < 1.29 is 9.59 Å². The molecule has 0 bridgehead atoms. The quantitative estimate of drug-likeness (QED) is 0.806. The van der Waals surface area contributed by atoms with Crippen LogP contribution >= 0.6 is 0 Å². The fraction of sp³-hybridized carbons (Fsp3) is 0.318. The van der Waals surface area contributed by atoms with Gasteiger partial charge < -0.3 is 10.2 Å². The molecule has 5 nitrogen and oxygen atoms in total. The highest BCUT2D eigenvalue weighted by atomic mass is 16.2. The van der Waals surface area contributed by atoms with Crippen LogP contribution in [0.15, 0.2) is 42.5 Å². The predicted octanol–water partition coefficient (Wildman–Crippen LogP) is 4.06. The maximum absolute atomic E-state index is 12.4. The predicted molar refractivity (Wildman–Crippen MR) is 108 cm³/mol. The average molecular weight is 363 g/mol. The van der Waals surface area contributed by atoms with Gasteiger partial charge in [-0.25, -0.2) is 0 Å². The molecule has 2 aromatic carbocycles. The molecule has 1 N–H and O–H groups in total. The van der Waals surface area contributed by atoms with E-state index in [0.29, 0.717) is 17.8 Å². The molecule has 0 unspecified atom stereocenters. The van der Waals surface area contributed by atoms with Gasteiger partial charge in [0.25, 0.3) is 0 Å². The minimum Gasteiger partial charge on any atom is -0.325 e. The van der Waals surface area contributed by atoms with Crippen molar-refractivity contribution in [2.45, 2.75) is 40.0 Å². The van der Waals surface area contributed by atoms with Gasteiger partial charge in [-0.3, -0.25) is 9.59 Å². The summed E-state index contributed by atoms with van der Waals surface area (Å²) in [6.07, 6.45) is 1.78. The number of nitrogens with zero attached hydrogens (tertiary/aromatic N) is 2. The summed E-state index contributed by atoms with van der Waals surface area (Å²) in [7, 11) is 0. The normalized spacial score (nSPS) is 10.1. The number of para-hydroxylation sites is 2. The molecule has 0 radical (unpaired) electrons. The fourth-order valence-electron chi connectivity index (χ4n) is 3.10. The van der Waals surface area contributed by atoms with E-state index >= 15 is 0 Å². The Bertz CT molecular complexity index is 846. The lowest BCUT2D eigenvalue weighted by Crippen LogP contribution is -2.33. The van der Waals surface area contributed by atoms with Crippen LogP contribution in [0.2, 0.25) is 0 Å². The van der Waals surface area contributed by atoms with Crippen LogP contribution in [-0.2, 0) is 22.4 Å². The number of hydrogen-bond acceptors (Lipinski definition) is 3. The van der Waals surface area contributed by atoms with E-state index in [1.165, 1.54) is 6.92 Å². The Hall–Kier alpha value is -3.13. The van der Waals surface area contributed by atoms with E-state index in [1.54, 1.807) is 29.2 Å². The average Bonchev–Trinajstić information content (AvgIpc) is 2.68. The minimum atomic E-state index is -0.226.